The molecule has 0 spiro atoms. The van der Waals surface area contributed by atoms with Gasteiger partial charge in [0.1, 0.15) is 11.5 Å². The number of aliphatic hydroxyl groups is 1. The summed E-state index contributed by atoms with van der Waals surface area (Å²) in [6.07, 6.45) is 4.41. The number of likely N-dealkylation sites (tertiary alicyclic amines) is 1. The predicted molar refractivity (Wildman–Crippen MR) is 137 cm³/mol. The van der Waals surface area contributed by atoms with Crippen LogP contribution < -0.4 is 25.0 Å². The monoisotopic (exact) mass is 546 g/mol. The molecule has 1 atom stereocenters. The van der Waals surface area contributed by atoms with Crippen molar-refractivity contribution in [3.63, 3.8) is 0 Å². The Hall–Kier alpha value is -2.82. The summed E-state index contributed by atoms with van der Waals surface area (Å²) in [4.78, 5) is 30.3. The summed E-state index contributed by atoms with van der Waals surface area (Å²) in [5, 5.41) is 17.7. The Balaban J connectivity index is 1.66. The van der Waals surface area contributed by atoms with E-state index in [1.165, 1.54) is 33.5 Å². The number of benzene rings is 2. The van der Waals surface area contributed by atoms with Crippen LogP contribution >= 0.6 is 15.9 Å². The highest BCUT2D eigenvalue weighted by Crippen LogP contribution is 2.44. The maximum Gasteiger partial charge on any atom is 0.329 e. The highest BCUT2D eigenvalue weighted by molar-refractivity contribution is 9.10. The number of nitrogens with one attached hydrogen (secondary N) is 2. The van der Waals surface area contributed by atoms with Gasteiger partial charge in [-0.15, -0.1) is 0 Å². The first kappa shape index (κ1) is 25.3. The van der Waals surface area contributed by atoms with Crippen molar-refractivity contribution in [2.75, 3.05) is 50.6 Å². The number of anilines is 2. The Kier molecular flexibility index (Phi) is 7.83. The van der Waals surface area contributed by atoms with Gasteiger partial charge < -0.3 is 30.1 Å². The van der Waals surface area contributed by atoms with E-state index in [0.717, 1.165) is 31.0 Å². The fourth-order valence-corrected chi connectivity index (χ4v) is 5.00. The molecule has 0 aromatic heterocycles. The van der Waals surface area contributed by atoms with E-state index in [4.69, 9.17) is 9.47 Å². The van der Waals surface area contributed by atoms with Gasteiger partial charge in [0, 0.05) is 22.6 Å². The molecule has 3 N–H and O–H groups in total. The lowest BCUT2D eigenvalue weighted by atomic mass is 9.94. The number of carbonyl (C=O) groups is 2. The van der Waals surface area contributed by atoms with E-state index in [9.17, 15) is 14.7 Å². The quantitative estimate of drug-likeness (QED) is 0.436. The molecule has 2 aromatic rings. The van der Waals surface area contributed by atoms with Crippen LogP contribution in [0, 0.1) is 0 Å². The van der Waals surface area contributed by atoms with Crippen LogP contribution in [0.2, 0.25) is 0 Å². The van der Waals surface area contributed by atoms with Crippen LogP contribution in [0.25, 0.3) is 0 Å². The maximum atomic E-state index is 13.6. The number of piperidine rings is 1. The number of carbonyl (C=O) groups excluding carboxylic acids is 2. The molecule has 1 saturated heterocycles. The van der Waals surface area contributed by atoms with Crippen LogP contribution in [0.15, 0.2) is 40.9 Å². The van der Waals surface area contributed by atoms with Crippen molar-refractivity contribution in [1.29, 1.82) is 0 Å². The molecule has 2 heterocycles. The topological polar surface area (TPSA) is 103 Å². The Bertz CT molecular complexity index is 1090. The van der Waals surface area contributed by atoms with Crippen molar-refractivity contribution < 1.29 is 24.2 Å². The van der Waals surface area contributed by atoms with Crippen LogP contribution in [0.3, 0.4) is 0 Å². The van der Waals surface area contributed by atoms with E-state index in [-0.39, 0.29) is 17.0 Å². The fraction of sp³-hybridized carbons (Fsp3) is 0.440. The molecule has 0 bridgehead atoms. The number of urea groups is 1. The predicted octanol–water partition coefficient (Wildman–Crippen LogP) is 3.66. The van der Waals surface area contributed by atoms with Crippen LogP contribution in [0.5, 0.6) is 11.5 Å². The van der Waals surface area contributed by atoms with Crippen LogP contribution in [-0.2, 0) is 10.5 Å². The van der Waals surface area contributed by atoms with Gasteiger partial charge in [-0.3, -0.25) is 4.79 Å². The van der Waals surface area contributed by atoms with Gasteiger partial charge in [-0.2, -0.15) is 0 Å². The zero-order valence-electron chi connectivity index (χ0n) is 20.0. The highest BCUT2D eigenvalue weighted by atomic mass is 79.9. The molecule has 2 aliphatic rings. The average molecular weight is 547 g/mol. The standard InChI is InChI=1S/C25H31BrN4O5/c1-34-18-8-10-21(22(16-18)35-2)30-24(32)28-20-9-7-17(26)15-19(20)25(30,33)23(31)27-11-6-14-29-12-4-3-5-13-29/h7-10,15-16,33H,3-6,11-14H2,1-2H3,(H,27,31)(H,28,32). The highest BCUT2D eigenvalue weighted by Gasteiger charge is 2.52. The molecule has 0 radical (unpaired) electrons. The molecule has 3 amide bonds. The molecule has 35 heavy (non-hydrogen) atoms. The summed E-state index contributed by atoms with van der Waals surface area (Å²) >= 11 is 3.42. The smallest absolute Gasteiger partial charge is 0.329 e. The largest absolute Gasteiger partial charge is 0.497 e. The van der Waals surface area contributed by atoms with Crippen molar-refractivity contribution in [3.05, 3.63) is 46.4 Å². The third-order valence-corrected chi connectivity index (χ3v) is 6.95. The minimum atomic E-state index is -2.31. The molecule has 0 aliphatic carbocycles. The number of ether oxygens (including phenoxy) is 2. The summed E-state index contributed by atoms with van der Waals surface area (Å²) in [5.41, 5.74) is -1.48. The van der Waals surface area contributed by atoms with Crippen molar-refractivity contribution in [2.24, 2.45) is 0 Å². The number of halogens is 1. The molecule has 4 rings (SSSR count). The maximum absolute atomic E-state index is 13.6. The van der Waals surface area contributed by atoms with Gasteiger partial charge in [0.05, 0.1) is 25.6 Å². The van der Waals surface area contributed by atoms with Crippen molar-refractivity contribution >= 4 is 39.2 Å². The molecule has 2 aliphatic heterocycles. The summed E-state index contributed by atoms with van der Waals surface area (Å²) in [6, 6.07) is 9.16. The second-order valence-electron chi connectivity index (χ2n) is 8.68. The zero-order chi connectivity index (χ0) is 25.0. The summed E-state index contributed by atoms with van der Waals surface area (Å²) in [5.74, 6) is 0.0920. The van der Waals surface area contributed by atoms with Crippen LogP contribution in [0.1, 0.15) is 31.2 Å². The fourth-order valence-electron chi connectivity index (χ4n) is 4.64. The first-order chi connectivity index (χ1) is 16.9. The molecule has 0 saturated carbocycles. The average Bonchev–Trinajstić information content (AvgIpc) is 2.87. The molecular weight excluding hydrogens is 516 g/mol. The summed E-state index contributed by atoms with van der Waals surface area (Å²) < 4.78 is 11.4. The van der Waals surface area contributed by atoms with Gasteiger partial charge in [-0.25, -0.2) is 9.69 Å². The number of hydrogen-bond donors (Lipinski definition) is 3. The Morgan fingerprint density at radius 2 is 1.91 bits per heavy atom. The lowest BCUT2D eigenvalue weighted by Gasteiger charge is -2.43. The first-order valence-corrected chi connectivity index (χ1v) is 12.5. The van der Waals surface area contributed by atoms with Crippen LogP contribution in [-0.4, -0.2) is 62.3 Å². The summed E-state index contributed by atoms with van der Waals surface area (Å²) in [6.45, 7) is 3.39. The molecule has 1 unspecified atom stereocenters. The zero-order valence-corrected chi connectivity index (χ0v) is 21.6. The lowest BCUT2D eigenvalue weighted by Crippen LogP contribution is -2.62. The molecule has 9 nitrogen and oxygen atoms in total. The van der Waals surface area contributed by atoms with Gasteiger partial charge in [0.25, 0.3) is 11.6 Å². The Morgan fingerprint density at radius 1 is 1.14 bits per heavy atom. The minimum absolute atomic E-state index is 0.224. The third-order valence-electron chi connectivity index (χ3n) is 6.46. The molecule has 2 aromatic carbocycles. The van der Waals surface area contributed by atoms with Crippen molar-refractivity contribution in [1.82, 2.24) is 10.2 Å². The summed E-state index contributed by atoms with van der Waals surface area (Å²) in [7, 11) is 2.97. The number of hydrogen-bond acceptors (Lipinski definition) is 6. The van der Waals surface area contributed by atoms with Gasteiger partial charge in [0.2, 0.25) is 0 Å². The first-order valence-electron chi connectivity index (χ1n) is 11.7. The minimum Gasteiger partial charge on any atom is -0.497 e. The van der Waals surface area contributed by atoms with Crippen LogP contribution in [0.4, 0.5) is 16.2 Å². The Morgan fingerprint density at radius 3 is 2.63 bits per heavy atom. The molecular formula is C25H31BrN4O5. The second kappa shape index (κ2) is 10.8. The van der Waals surface area contributed by atoms with Gasteiger partial charge in [0.15, 0.2) is 0 Å². The normalized spacial score (nSPS) is 20.1. The van der Waals surface area contributed by atoms with Gasteiger partial charge in [-0.1, -0.05) is 22.4 Å². The van der Waals surface area contributed by atoms with E-state index < -0.39 is 17.7 Å². The number of fused-ring (bicyclic) bond motifs is 1. The van der Waals surface area contributed by atoms with E-state index in [0.29, 0.717) is 22.5 Å². The second-order valence-corrected chi connectivity index (χ2v) is 9.59. The van der Waals surface area contributed by atoms with E-state index in [1.54, 1.807) is 36.4 Å². The SMILES string of the molecule is COc1ccc(N2C(=O)Nc3ccc(Br)cc3C2(O)C(=O)NCCCN2CCCCC2)c(OC)c1. The van der Waals surface area contributed by atoms with E-state index in [1.807, 2.05) is 0 Å². The van der Waals surface area contributed by atoms with E-state index in [2.05, 4.69) is 31.5 Å². The van der Waals surface area contributed by atoms with Crippen molar-refractivity contribution in [2.45, 2.75) is 31.4 Å². The molecule has 1 fully saturated rings. The Labute approximate surface area is 213 Å². The molecule has 10 heteroatoms. The van der Waals surface area contributed by atoms with Gasteiger partial charge >= 0.3 is 6.03 Å². The third kappa shape index (κ3) is 5.10. The lowest BCUT2D eigenvalue weighted by molar-refractivity contribution is -0.140. The van der Waals surface area contributed by atoms with E-state index >= 15 is 0 Å². The van der Waals surface area contributed by atoms with Crippen molar-refractivity contribution in [3.8, 4) is 11.5 Å². The number of methoxy groups -OCH3 is 2. The van der Waals surface area contributed by atoms with Gasteiger partial charge in [-0.05, 0) is 69.2 Å². The number of amides is 3. The number of nitrogens with zero attached hydrogens (tertiary/aromatic N) is 2. The molecule has 188 valence electrons. The number of rotatable bonds is 8.